The van der Waals surface area contributed by atoms with Crippen molar-refractivity contribution in [3.63, 3.8) is 0 Å². The number of Topliss-reactive ketones (excluding diaryl/α,β-unsaturated/α-hetero) is 1. The van der Waals surface area contributed by atoms with E-state index in [1.54, 1.807) is 0 Å². The lowest BCUT2D eigenvalue weighted by atomic mass is 10.1. The zero-order valence-corrected chi connectivity index (χ0v) is 15.7. The van der Waals surface area contributed by atoms with E-state index in [9.17, 15) is 4.79 Å². The molecule has 26 heavy (non-hydrogen) atoms. The Balaban J connectivity index is 1.62. The minimum absolute atomic E-state index is 0.116. The van der Waals surface area contributed by atoms with E-state index in [1.165, 1.54) is 11.8 Å². The molecule has 1 aromatic heterocycles. The highest BCUT2D eigenvalue weighted by Gasteiger charge is 2.31. The molecular formula is C21H21N3OS. The Bertz CT molecular complexity index is 914. The Morgan fingerprint density at radius 2 is 1.77 bits per heavy atom. The Hall–Kier alpha value is -2.40. The van der Waals surface area contributed by atoms with Crippen molar-refractivity contribution in [2.24, 2.45) is 0 Å². The third-order valence-electron chi connectivity index (χ3n) is 4.60. The van der Waals surface area contributed by atoms with Crippen LogP contribution in [0.3, 0.4) is 0 Å². The first-order valence-corrected chi connectivity index (χ1v) is 9.79. The topological polar surface area (TPSA) is 47.8 Å². The van der Waals surface area contributed by atoms with Crippen molar-refractivity contribution < 1.29 is 4.79 Å². The monoisotopic (exact) mass is 363 g/mol. The summed E-state index contributed by atoms with van der Waals surface area (Å²) < 4.78 is 2.11. The Morgan fingerprint density at radius 1 is 1.08 bits per heavy atom. The maximum Gasteiger partial charge on any atom is 0.196 e. The SMILES string of the molecule is Cc1ccc(C(=O)[C@@H](C)Sc2nnc(C3CC3)n2-c2ccccc2)cc1. The van der Waals surface area contributed by atoms with Crippen molar-refractivity contribution in [3.05, 3.63) is 71.5 Å². The fraction of sp³-hybridized carbons (Fsp3) is 0.286. The molecule has 1 saturated carbocycles. The van der Waals surface area contributed by atoms with Crippen molar-refractivity contribution in [1.29, 1.82) is 0 Å². The van der Waals surface area contributed by atoms with Crippen LogP contribution >= 0.6 is 11.8 Å². The molecule has 0 aliphatic heterocycles. The van der Waals surface area contributed by atoms with Gasteiger partial charge in [0.1, 0.15) is 5.82 Å². The number of hydrogen-bond acceptors (Lipinski definition) is 4. The van der Waals surface area contributed by atoms with Gasteiger partial charge in [0.15, 0.2) is 10.9 Å². The van der Waals surface area contributed by atoms with Gasteiger partial charge in [-0.3, -0.25) is 9.36 Å². The van der Waals surface area contributed by atoms with Crippen LogP contribution in [0.25, 0.3) is 5.69 Å². The molecule has 0 bridgehead atoms. The summed E-state index contributed by atoms with van der Waals surface area (Å²) in [7, 11) is 0. The molecule has 4 nitrogen and oxygen atoms in total. The summed E-state index contributed by atoms with van der Waals surface area (Å²) in [5, 5.41) is 9.40. The second kappa shape index (κ2) is 7.08. The zero-order chi connectivity index (χ0) is 18.1. The molecule has 0 unspecified atom stereocenters. The van der Waals surface area contributed by atoms with Crippen LogP contribution in [0.5, 0.6) is 0 Å². The summed E-state index contributed by atoms with van der Waals surface area (Å²) in [6, 6.07) is 17.9. The number of aromatic nitrogens is 3. The molecule has 1 atom stereocenters. The summed E-state index contributed by atoms with van der Waals surface area (Å²) in [6.07, 6.45) is 2.32. The number of thioether (sulfide) groups is 1. The Morgan fingerprint density at radius 3 is 2.42 bits per heavy atom. The van der Waals surface area contributed by atoms with E-state index in [0.717, 1.165) is 40.6 Å². The van der Waals surface area contributed by atoms with Crippen molar-refractivity contribution in [2.75, 3.05) is 0 Å². The summed E-state index contributed by atoms with van der Waals surface area (Å²) in [5.41, 5.74) is 2.94. The van der Waals surface area contributed by atoms with E-state index in [2.05, 4.69) is 26.9 Å². The van der Waals surface area contributed by atoms with E-state index in [4.69, 9.17) is 0 Å². The molecule has 1 fully saturated rings. The first-order chi connectivity index (χ1) is 12.6. The van der Waals surface area contributed by atoms with Crippen molar-refractivity contribution in [2.45, 2.75) is 43.0 Å². The van der Waals surface area contributed by atoms with Crippen LogP contribution in [0, 0.1) is 6.92 Å². The van der Waals surface area contributed by atoms with Gasteiger partial charge in [-0.15, -0.1) is 10.2 Å². The minimum Gasteiger partial charge on any atom is -0.293 e. The number of carbonyl (C=O) groups excluding carboxylic acids is 1. The number of aryl methyl sites for hydroxylation is 1. The largest absolute Gasteiger partial charge is 0.293 e. The predicted molar refractivity (Wildman–Crippen MR) is 104 cm³/mol. The molecule has 132 valence electrons. The third-order valence-corrected chi connectivity index (χ3v) is 5.65. The molecule has 0 amide bonds. The van der Waals surface area contributed by atoms with Crippen LogP contribution in [0.1, 0.15) is 47.4 Å². The minimum atomic E-state index is -0.226. The number of nitrogens with zero attached hydrogens (tertiary/aromatic N) is 3. The molecule has 2 aromatic carbocycles. The normalized spacial score (nSPS) is 15.0. The molecule has 1 aliphatic carbocycles. The van der Waals surface area contributed by atoms with Crippen molar-refractivity contribution in [3.8, 4) is 5.69 Å². The molecule has 0 radical (unpaired) electrons. The van der Waals surface area contributed by atoms with Gasteiger partial charge in [0.2, 0.25) is 0 Å². The molecule has 1 aliphatic rings. The van der Waals surface area contributed by atoms with Crippen LogP contribution in [-0.2, 0) is 0 Å². The standard InChI is InChI=1S/C21H21N3OS/c1-14-8-10-16(11-9-14)19(25)15(2)26-21-23-22-20(17-12-13-17)24(21)18-6-4-3-5-7-18/h3-11,15,17H,12-13H2,1-2H3/t15-/m1/s1. The Kier molecular flexibility index (Phi) is 4.64. The van der Waals surface area contributed by atoms with E-state index >= 15 is 0 Å². The van der Waals surface area contributed by atoms with Crippen LogP contribution < -0.4 is 0 Å². The lowest BCUT2D eigenvalue weighted by molar-refractivity contribution is 0.0994. The van der Waals surface area contributed by atoms with Gasteiger partial charge in [0, 0.05) is 17.2 Å². The highest BCUT2D eigenvalue weighted by Crippen LogP contribution is 2.41. The van der Waals surface area contributed by atoms with Gasteiger partial charge in [-0.25, -0.2) is 0 Å². The molecule has 5 heteroatoms. The maximum atomic E-state index is 12.8. The molecular weight excluding hydrogens is 342 g/mol. The lowest BCUT2D eigenvalue weighted by Gasteiger charge is -2.13. The van der Waals surface area contributed by atoms with Gasteiger partial charge in [-0.05, 0) is 38.8 Å². The number of benzene rings is 2. The molecule has 0 saturated heterocycles. The number of para-hydroxylation sites is 1. The highest BCUT2D eigenvalue weighted by molar-refractivity contribution is 8.00. The first kappa shape index (κ1) is 17.0. The smallest absolute Gasteiger partial charge is 0.196 e. The number of hydrogen-bond donors (Lipinski definition) is 0. The first-order valence-electron chi connectivity index (χ1n) is 8.92. The molecule has 0 N–H and O–H groups in total. The van der Waals surface area contributed by atoms with E-state index in [1.807, 2.05) is 56.3 Å². The number of rotatable bonds is 6. The lowest BCUT2D eigenvalue weighted by Crippen LogP contribution is -2.14. The average molecular weight is 363 g/mol. The van der Waals surface area contributed by atoms with Crippen LogP contribution in [0.15, 0.2) is 59.8 Å². The fourth-order valence-electron chi connectivity index (χ4n) is 2.95. The molecule has 4 rings (SSSR count). The van der Waals surface area contributed by atoms with Gasteiger partial charge >= 0.3 is 0 Å². The quantitative estimate of drug-likeness (QED) is 0.465. The Labute approximate surface area is 157 Å². The number of carbonyl (C=O) groups is 1. The van der Waals surface area contributed by atoms with E-state index in [-0.39, 0.29) is 11.0 Å². The van der Waals surface area contributed by atoms with Gasteiger partial charge in [0.25, 0.3) is 0 Å². The van der Waals surface area contributed by atoms with Gasteiger partial charge in [-0.2, -0.15) is 0 Å². The van der Waals surface area contributed by atoms with Gasteiger partial charge in [0.05, 0.1) is 5.25 Å². The van der Waals surface area contributed by atoms with E-state index in [0.29, 0.717) is 5.92 Å². The zero-order valence-electron chi connectivity index (χ0n) is 14.9. The molecule has 3 aromatic rings. The molecule has 1 heterocycles. The van der Waals surface area contributed by atoms with Crippen LogP contribution in [0.2, 0.25) is 0 Å². The third kappa shape index (κ3) is 3.44. The fourth-order valence-corrected chi connectivity index (χ4v) is 3.90. The average Bonchev–Trinajstić information content (AvgIpc) is 3.43. The summed E-state index contributed by atoms with van der Waals surface area (Å²) in [4.78, 5) is 12.8. The molecule has 0 spiro atoms. The van der Waals surface area contributed by atoms with Gasteiger partial charge in [-0.1, -0.05) is 59.8 Å². The highest BCUT2D eigenvalue weighted by atomic mass is 32.2. The van der Waals surface area contributed by atoms with Crippen molar-refractivity contribution >= 4 is 17.5 Å². The van der Waals surface area contributed by atoms with Gasteiger partial charge < -0.3 is 0 Å². The van der Waals surface area contributed by atoms with Crippen molar-refractivity contribution in [1.82, 2.24) is 14.8 Å². The summed E-state index contributed by atoms with van der Waals surface area (Å²) >= 11 is 1.48. The predicted octanol–water partition coefficient (Wildman–Crippen LogP) is 4.82. The van der Waals surface area contributed by atoms with Crippen LogP contribution in [-0.4, -0.2) is 25.8 Å². The second-order valence-corrected chi connectivity index (χ2v) is 8.08. The number of ketones is 1. The van der Waals surface area contributed by atoms with Crippen LogP contribution in [0.4, 0.5) is 0 Å². The summed E-state index contributed by atoms with van der Waals surface area (Å²) in [5.74, 6) is 1.61. The second-order valence-electron chi connectivity index (χ2n) is 6.78. The maximum absolute atomic E-state index is 12.8. The summed E-state index contributed by atoms with van der Waals surface area (Å²) in [6.45, 7) is 3.96. The van der Waals surface area contributed by atoms with E-state index < -0.39 is 0 Å².